The second-order valence-electron chi connectivity index (χ2n) is 5.60. The van der Waals surface area contributed by atoms with Gasteiger partial charge in [-0.15, -0.1) is 0 Å². The lowest BCUT2D eigenvalue weighted by atomic mass is 10.2. The van der Waals surface area contributed by atoms with Gasteiger partial charge in [-0.3, -0.25) is 0 Å². The quantitative estimate of drug-likeness (QED) is 0.592. The first-order valence-corrected chi connectivity index (χ1v) is 7.65. The molecule has 0 aliphatic carbocycles. The van der Waals surface area contributed by atoms with Gasteiger partial charge in [0.25, 0.3) is 0 Å². The molecule has 2 heterocycles. The van der Waals surface area contributed by atoms with Gasteiger partial charge in [-0.1, -0.05) is 24.3 Å². The van der Waals surface area contributed by atoms with Crippen LogP contribution in [0.2, 0.25) is 0 Å². The maximum Gasteiger partial charge on any atom is 0.0955 e. The van der Waals surface area contributed by atoms with Crippen LogP contribution in [0, 0.1) is 0 Å². The molecule has 0 radical (unpaired) electrons. The van der Waals surface area contributed by atoms with E-state index in [0.29, 0.717) is 0 Å². The predicted molar refractivity (Wildman–Crippen MR) is 93.3 cm³/mol. The zero-order valence-electron chi connectivity index (χ0n) is 13.7. The number of aryl methyl sites for hydroxylation is 2. The van der Waals surface area contributed by atoms with Gasteiger partial charge in [0.1, 0.15) is 0 Å². The summed E-state index contributed by atoms with van der Waals surface area (Å²) in [5.41, 5.74) is 5.70. The lowest BCUT2D eigenvalue weighted by Gasteiger charge is -2.00. The van der Waals surface area contributed by atoms with Gasteiger partial charge in [0.05, 0.1) is 47.9 Å². The first-order valence-electron chi connectivity index (χ1n) is 7.65. The highest BCUT2D eigenvalue weighted by molar-refractivity contribution is 5.79. The Balaban J connectivity index is 0.000000141. The van der Waals surface area contributed by atoms with Crippen LogP contribution in [0.25, 0.3) is 22.1 Å². The van der Waals surface area contributed by atoms with Crippen LogP contribution in [0.4, 0.5) is 0 Å². The molecule has 4 rings (SSSR count). The summed E-state index contributed by atoms with van der Waals surface area (Å²) in [5, 5.41) is 18.0. The second kappa shape index (κ2) is 6.82. The van der Waals surface area contributed by atoms with Crippen LogP contribution in [0.5, 0.6) is 0 Å². The van der Waals surface area contributed by atoms with E-state index < -0.39 is 0 Å². The van der Waals surface area contributed by atoms with Crippen molar-refractivity contribution in [1.82, 2.24) is 19.1 Å². The summed E-state index contributed by atoms with van der Waals surface area (Å²) in [5.74, 6) is 0. The van der Waals surface area contributed by atoms with Crippen molar-refractivity contribution in [2.24, 2.45) is 14.1 Å². The Morgan fingerprint density at radius 3 is 2.25 bits per heavy atom. The minimum absolute atomic E-state index is 0.0500. The van der Waals surface area contributed by atoms with E-state index in [0.717, 1.165) is 33.2 Å². The highest BCUT2D eigenvalue weighted by Crippen LogP contribution is 2.17. The van der Waals surface area contributed by atoms with Crippen LogP contribution < -0.4 is 0 Å². The summed E-state index contributed by atoms with van der Waals surface area (Å²) < 4.78 is 3.86. The molecule has 0 spiro atoms. The summed E-state index contributed by atoms with van der Waals surface area (Å²) in [6.07, 6.45) is 3.51. The number of hydrogen-bond acceptors (Lipinski definition) is 4. The van der Waals surface area contributed by atoms with E-state index in [1.165, 1.54) is 0 Å². The van der Waals surface area contributed by atoms with Crippen molar-refractivity contribution >= 4 is 22.1 Å². The number of aliphatic hydroxyl groups excluding tert-OH is 2. The van der Waals surface area contributed by atoms with E-state index in [1.54, 1.807) is 12.7 Å². The van der Waals surface area contributed by atoms with Crippen LogP contribution in [-0.2, 0) is 27.3 Å². The van der Waals surface area contributed by atoms with Crippen molar-refractivity contribution in [3.8, 4) is 0 Å². The monoisotopic (exact) mass is 324 g/mol. The molecule has 2 N–H and O–H groups in total. The highest BCUT2D eigenvalue weighted by atomic mass is 16.3. The van der Waals surface area contributed by atoms with Gasteiger partial charge in [-0.05, 0) is 12.1 Å². The molecule has 0 fully saturated rings. The van der Waals surface area contributed by atoms with Crippen molar-refractivity contribution in [1.29, 1.82) is 0 Å². The minimum Gasteiger partial charge on any atom is -0.392 e. The summed E-state index contributed by atoms with van der Waals surface area (Å²) >= 11 is 0. The topological polar surface area (TPSA) is 76.1 Å². The first-order chi connectivity index (χ1) is 11.7. The third kappa shape index (κ3) is 2.89. The Bertz CT molecular complexity index is 972. The smallest absolute Gasteiger partial charge is 0.0955 e. The van der Waals surface area contributed by atoms with Crippen molar-refractivity contribution < 1.29 is 10.2 Å². The maximum atomic E-state index is 9.04. The summed E-state index contributed by atoms with van der Waals surface area (Å²) in [6.45, 7) is 0.116. The average molecular weight is 324 g/mol. The number of rotatable bonds is 2. The Morgan fingerprint density at radius 2 is 1.50 bits per heavy atom. The number of fused-ring (bicyclic) bond motifs is 2. The van der Waals surface area contributed by atoms with Gasteiger partial charge in [0.2, 0.25) is 0 Å². The molecule has 24 heavy (non-hydrogen) atoms. The molecule has 0 bridgehead atoms. The second-order valence-corrected chi connectivity index (χ2v) is 5.60. The third-order valence-corrected chi connectivity index (χ3v) is 4.00. The number of para-hydroxylation sites is 2. The van der Waals surface area contributed by atoms with E-state index >= 15 is 0 Å². The van der Waals surface area contributed by atoms with Crippen LogP contribution in [0.15, 0.2) is 49.1 Å². The van der Waals surface area contributed by atoms with E-state index in [9.17, 15) is 0 Å². The lowest BCUT2D eigenvalue weighted by Crippen LogP contribution is -1.90. The number of benzene rings is 2. The zero-order valence-corrected chi connectivity index (χ0v) is 13.7. The normalized spacial score (nSPS) is 10.8. The van der Waals surface area contributed by atoms with E-state index in [4.69, 9.17) is 10.2 Å². The fraction of sp³-hybridized carbons (Fsp3) is 0.222. The molecule has 124 valence electrons. The Morgan fingerprint density at radius 1 is 0.833 bits per heavy atom. The fourth-order valence-corrected chi connectivity index (χ4v) is 2.77. The number of aliphatic hydroxyl groups is 2. The molecule has 0 atom stereocenters. The standard InChI is InChI=1S/2C9H10N2O/c1-11-6-10-9-7(5-12)3-2-4-8(9)11;1-11-6-10-8-4-2-3-7(5-12)9(8)11/h2*2-4,6,12H,5H2,1H3. The van der Waals surface area contributed by atoms with Gasteiger partial charge in [-0.2, -0.15) is 0 Å². The zero-order chi connectivity index (χ0) is 17.1. The lowest BCUT2D eigenvalue weighted by molar-refractivity contribution is 0.283. The minimum atomic E-state index is 0.0500. The molecule has 2 aromatic carbocycles. The molecule has 4 aromatic rings. The van der Waals surface area contributed by atoms with E-state index in [2.05, 4.69) is 9.97 Å². The number of aromatic nitrogens is 4. The van der Waals surface area contributed by atoms with Gasteiger partial charge >= 0.3 is 0 Å². The average Bonchev–Trinajstić information content (AvgIpc) is 3.19. The van der Waals surface area contributed by atoms with Crippen LogP contribution >= 0.6 is 0 Å². The SMILES string of the molecule is Cn1cnc2c(CO)cccc21.Cn1cnc2cccc(CO)c21. The molecule has 6 nitrogen and oxygen atoms in total. The molecular weight excluding hydrogens is 304 g/mol. The van der Waals surface area contributed by atoms with Crippen molar-refractivity contribution in [2.45, 2.75) is 13.2 Å². The summed E-state index contributed by atoms with van der Waals surface area (Å²) in [6, 6.07) is 11.5. The largest absolute Gasteiger partial charge is 0.392 e. The molecule has 0 saturated heterocycles. The van der Waals surface area contributed by atoms with Crippen molar-refractivity contribution in [2.75, 3.05) is 0 Å². The molecule has 2 aromatic heterocycles. The van der Waals surface area contributed by atoms with Gasteiger partial charge < -0.3 is 19.3 Å². The van der Waals surface area contributed by atoms with Crippen LogP contribution in [0.1, 0.15) is 11.1 Å². The van der Waals surface area contributed by atoms with Gasteiger partial charge in [0.15, 0.2) is 0 Å². The summed E-state index contributed by atoms with van der Waals surface area (Å²) in [4.78, 5) is 8.37. The van der Waals surface area contributed by atoms with E-state index in [1.807, 2.05) is 59.6 Å². The number of hydrogen-bond donors (Lipinski definition) is 2. The predicted octanol–water partition coefficient (Wildman–Crippen LogP) is 2.13. The highest BCUT2D eigenvalue weighted by Gasteiger charge is 2.03. The Labute approximate surface area is 139 Å². The summed E-state index contributed by atoms with van der Waals surface area (Å²) in [7, 11) is 3.87. The molecule has 0 aliphatic rings. The van der Waals surface area contributed by atoms with Gasteiger partial charge in [-0.25, -0.2) is 9.97 Å². The Kier molecular flexibility index (Phi) is 4.59. The fourth-order valence-electron chi connectivity index (χ4n) is 2.77. The molecule has 0 unspecified atom stereocenters. The molecule has 6 heteroatoms. The molecule has 0 aliphatic heterocycles. The van der Waals surface area contributed by atoms with Crippen LogP contribution in [-0.4, -0.2) is 29.3 Å². The van der Waals surface area contributed by atoms with Crippen molar-refractivity contribution in [3.05, 3.63) is 60.2 Å². The van der Waals surface area contributed by atoms with Gasteiger partial charge in [0, 0.05) is 25.2 Å². The third-order valence-electron chi connectivity index (χ3n) is 4.00. The van der Waals surface area contributed by atoms with E-state index in [-0.39, 0.29) is 13.2 Å². The Hall–Kier alpha value is -2.70. The van der Waals surface area contributed by atoms with Crippen LogP contribution in [0.3, 0.4) is 0 Å². The molecule has 0 saturated carbocycles. The maximum absolute atomic E-state index is 9.04. The number of nitrogens with zero attached hydrogens (tertiary/aromatic N) is 4. The van der Waals surface area contributed by atoms with Crippen molar-refractivity contribution in [3.63, 3.8) is 0 Å². The first kappa shape index (κ1) is 16.2. The molecule has 0 amide bonds. The molecular formula is C18H20N4O2. The number of imidazole rings is 2.